The lowest BCUT2D eigenvalue weighted by Gasteiger charge is -2.18. The molecule has 0 aromatic heterocycles. The molecule has 0 spiro atoms. The second-order valence-corrected chi connectivity index (χ2v) is 5.27. The zero-order chi connectivity index (χ0) is 13.8. The smallest absolute Gasteiger partial charge is 0.226 e. The summed E-state index contributed by atoms with van der Waals surface area (Å²) in [5.41, 5.74) is 6.92. The number of ether oxygens (including phenoxy) is 1. The van der Waals surface area contributed by atoms with E-state index >= 15 is 0 Å². The highest BCUT2D eigenvalue weighted by Gasteiger charge is 2.28. The first-order valence-electron chi connectivity index (χ1n) is 6.76. The van der Waals surface area contributed by atoms with E-state index in [1.165, 1.54) is 0 Å². The van der Waals surface area contributed by atoms with Crippen LogP contribution in [0.5, 0.6) is 5.75 Å². The van der Waals surface area contributed by atoms with E-state index in [0.29, 0.717) is 12.3 Å². The summed E-state index contributed by atoms with van der Waals surface area (Å²) in [5, 5.41) is 0. The molecule has 1 aromatic carbocycles. The van der Waals surface area contributed by atoms with Gasteiger partial charge in [0.1, 0.15) is 5.75 Å². The second kappa shape index (κ2) is 6.06. The van der Waals surface area contributed by atoms with Crippen LogP contribution >= 0.6 is 0 Å². The number of carbonyl (C=O) groups excluding carboxylic acids is 1. The number of hydrogen-bond donors (Lipinski definition) is 1. The molecule has 19 heavy (non-hydrogen) atoms. The summed E-state index contributed by atoms with van der Waals surface area (Å²) in [6.45, 7) is 3.65. The molecule has 104 valence electrons. The van der Waals surface area contributed by atoms with Crippen LogP contribution in [0.1, 0.15) is 18.9 Å². The third-order valence-electron chi connectivity index (χ3n) is 3.84. The maximum atomic E-state index is 12.2. The third-order valence-corrected chi connectivity index (χ3v) is 3.84. The number of nitrogens with zero attached hydrogens (tertiary/aromatic N) is 1. The number of carbonyl (C=O) groups is 1. The predicted octanol–water partition coefficient (Wildman–Crippen LogP) is 1.43. The Labute approximate surface area is 114 Å². The Morgan fingerprint density at radius 3 is 2.68 bits per heavy atom. The van der Waals surface area contributed by atoms with Crippen LogP contribution in [0.4, 0.5) is 0 Å². The van der Waals surface area contributed by atoms with Gasteiger partial charge in [0, 0.05) is 19.1 Å². The minimum Gasteiger partial charge on any atom is -0.497 e. The minimum absolute atomic E-state index is 0.166. The molecular weight excluding hydrogens is 240 g/mol. The van der Waals surface area contributed by atoms with Crippen molar-refractivity contribution < 1.29 is 9.53 Å². The molecule has 1 aromatic rings. The first-order valence-corrected chi connectivity index (χ1v) is 6.76. The van der Waals surface area contributed by atoms with E-state index in [9.17, 15) is 4.79 Å². The Bertz CT molecular complexity index is 428. The van der Waals surface area contributed by atoms with Gasteiger partial charge in [0.2, 0.25) is 5.91 Å². The lowest BCUT2D eigenvalue weighted by atomic mass is 10.0. The van der Waals surface area contributed by atoms with Crippen molar-refractivity contribution >= 4 is 5.91 Å². The highest BCUT2D eigenvalue weighted by Crippen LogP contribution is 2.20. The topological polar surface area (TPSA) is 55.6 Å². The van der Waals surface area contributed by atoms with Crippen molar-refractivity contribution in [1.82, 2.24) is 4.90 Å². The molecule has 0 radical (unpaired) electrons. The van der Waals surface area contributed by atoms with Gasteiger partial charge in [-0.1, -0.05) is 12.1 Å². The maximum Gasteiger partial charge on any atom is 0.226 e. The van der Waals surface area contributed by atoms with E-state index in [2.05, 4.69) is 0 Å². The Morgan fingerprint density at radius 2 is 2.16 bits per heavy atom. The number of amides is 1. The van der Waals surface area contributed by atoms with Crippen molar-refractivity contribution in [2.24, 2.45) is 11.7 Å². The van der Waals surface area contributed by atoms with E-state index in [4.69, 9.17) is 10.5 Å². The van der Waals surface area contributed by atoms with Crippen molar-refractivity contribution in [3.63, 3.8) is 0 Å². The average molecular weight is 262 g/mol. The zero-order valence-electron chi connectivity index (χ0n) is 11.6. The Kier molecular flexibility index (Phi) is 4.43. The Hall–Kier alpha value is -1.55. The summed E-state index contributed by atoms with van der Waals surface area (Å²) >= 11 is 0. The van der Waals surface area contributed by atoms with Crippen LogP contribution in [0.3, 0.4) is 0 Å². The first-order chi connectivity index (χ1) is 9.10. The van der Waals surface area contributed by atoms with E-state index < -0.39 is 0 Å². The van der Waals surface area contributed by atoms with Crippen LogP contribution in [-0.2, 0) is 11.2 Å². The lowest BCUT2D eigenvalue weighted by molar-refractivity contribution is -0.129. The lowest BCUT2D eigenvalue weighted by Crippen LogP contribution is -2.33. The molecule has 1 aliphatic rings. The van der Waals surface area contributed by atoms with Gasteiger partial charge in [-0.3, -0.25) is 4.79 Å². The van der Waals surface area contributed by atoms with Crippen LogP contribution in [0.15, 0.2) is 24.3 Å². The number of benzene rings is 1. The standard InChI is InChI=1S/C15H22N2O2/c1-11(16)13-7-8-17(10-13)15(18)9-12-3-5-14(19-2)6-4-12/h3-6,11,13H,7-10,16H2,1-2H3. The maximum absolute atomic E-state index is 12.2. The zero-order valence-corrected chi connectivity index (χ0v) is 11.6. The van der Waals surface area contributed by atoms with E-state index in [-0.39, 0.29) is 11.9 Å². The molecule has 1 saturated heterocycles. The molecule has 1 heterocycles. The average Bonchev–Trinajstić information content (AvgIpc) is 2.89. The molecule has 2 rings (SSSR count). The fraction of sp³-hybridized carbons (Fsp3) is 0.533. The molecule has 1 fully saturated rings. The van der Waals surface area contributed by atoms with Crippen molar-refractivity contribution in [2.75, 3.05) is 20.2 Å². The van der Waals surface area contributed by atoms with Crippen molar-refractivity contribution in [2.45, 2.75) is 25.8 Å². The molecule has 2 atom stereocenters. The summed E-state index contributed by atoms with van der Waals surface area (Å²) in [6.07, 6.45) is 1.47. The highest BCUT2D eigenvalue weighted by atomic mass is 16.5. The van der Waals surface area contributed by atoms with Gasteiger partial charge in [-0.25, -0.2) is 0 Å². The van der Waals surface area contributed by atoms with Crippen LogP contribution in [0, 0.1) is 5.92 Å². The molecular formula is C15H22N2O2. The normalized spacial score (nSPS) is 20.4. The Balaban J connectivity index is 1.90. The van der Waals surface area contributed by atoms with Crippen molar-refractivity contribution in [1.29, 1.82) is 0 Å². The summed E-state index contributed by atoms with van der Waals surface area (Å²) in [4.78, 5) is 14.1. The highest BCUT2D eigenvalue weighted by molar-refractivity contribution is 5.79. The molecule has 0 saturated carbocycles. The second-order valence-electron chi connectivity index (χ2n) is 5.27. The van der Waals surface area contributed by atoms with Gasteiger partial charge in [-0.2, -0.15) is 0 Å². The fourth-order valence-corrected chi connectivity index (χ4v) is 2.47. The number of methoxy groups -OCH3 is 1. The monoisotopic (exact) mass is 262 g/mol. The van der Waals surface area contributed by atoms with Gasteiger partial charge >= 0.3 is 0 Å². The van der Waals surface area contributed by atoms with Gasteiger partial charge in [0.05, 0.1) is 13.5 Å². The van der Waals surface area contributed by atoms with Crippen molar-refractivity contribution in [3.05, 3.63) is 29.8 Å². The van der Waals surface area contributed by atoms with Gasteiger partial charge in [0.15, 0.2) is 0 Å². The van der Waals surface area contributed by atoms with Crippen LogP contribution < -0.4 is 10.5 Å². The van der Waals surface area contributed by atoms with Crippen LogP contribution in [0.2, 0.25) is 0 Å². The number of rotatable bonds is 4. The van der Waals surface area contributed by atoms with Crippen molar-refractivity contribution in [3.8, 4) is 5.75 Å². The number of nitrogens with two attached hydrogens (primary N) is 1. The number of hydrogen-bond acceptors (Lipinski definition) is 3. The van der Waals surface area contributed by atoms with E-state index in [0.717, 1.165) is 30.8 Å². The van der Waals surface area contributed by atoms with Gasteiger partial charge in [-0.15, -0.1) is 0 Å². The summed E-state index contributed by atoms with van der Waals surface area (Å²) < 4.78 is 5.11. The summed E-state index contributed by atoms with van der Waals surface area (Å²) in [7, 11) is 1.64. The Morgan fingerprint density at radius 1 is 1.47 bits per heavy atom. The molecule has 2 N–H and O–H groups in total. The summed E-state index contributed by atoms with van der Waals surface area (Å²) in [5.74, 6) is 1.45. The quantitative estimate of drug-likeness (QED) is 0.893. The number of likely N-dealkylation sites (tertiary alicyclic amines) is 1. The molecule has 0 bridgehead atoms. The van der Waals surface area contributed by atoms with E-state index in [1.54, 1.807) is 7.11 Å². The molecule has 1 aliphatic heterocycles. The van der Waals surface area contributed by atoms with Crippen LogP contribution in [-0.4, -0.2) is 37.0 Å². The molecule has 4 heteroatoms. The molecule has 1 amide bonds. The van der Waals surface area contributed by atoms with Gasteiger partial charge < -0.3 is 15.4 Å². The third kappa shape index (κ3) is 3.47. The SMILES string of the molecule is COc1ccc(CC(=O)N2CCC(C(C)N)C2)cc1. The minimum atomic E-state index is 0.166. The van der Waals surface area contributed by atoms with Crippen LogP contribution in [0.25, 0.3) is 0 Å². The molecule has 0 aliphatic carbocycles. The van der Waals surface area contributed by atoms with Gasteiger partial charge in [0.25, 0.3) is 0 Å². The first kappa shape index (κ1) is 13.9. The summed E-state index contributed by atoms with van der Waals surface area (Å²) in [6, 6.07) is 7.82. The van der Waals surface area contributed by atoms with Gasteiger partial charge in [-0.05, 0) is 37.0 Å². The molecule has 4 nitrogen and oxygen atoms in total. The fourth-order valence-electron chi connectivity index (χ4n) is 2.47. The largest absolute Gasteiger partial charge is 0.497 e. The van der Waals surface area contributed by atoms with E-state index in [1.807, 2.05) is 36.1 Å². The predicted molar refractivity (Wildman–Crippen MR) is 75.0 cm³/mol. The molecule has 2 unspecified atom stereocenters.